The van der Waals surface area contributed by atoms with E-state index in [-0.39, 0.29) is 0 Å². The smallest absolute Gasteiger partial charge is 0.214 e. The maximum atomic E-state index is 4.25. The maximum absolute atomic E-state index is 4.25. The Bertz CT molecular complexity index is 359. The summed E-state index contributed by atoms with van der Waals surface area (Å²) in [4.78, 5) is 8.49. The third kappa shape index (κ3) is 3.19. The van der Waals surface area contributed by atoms with E-state index in [0.717, 1.165) is 38.1 Å². The molecule has 0 saturated heterocycles. The monoisotopic (exact) mass is 250 g/mol. The minimum Gasteiger partial charge on any atom is -0.353 e. The second-order valence-electron chi connectivity index (χ2n) is 3.84. The average Bonchev–Trinajstić information content (AvgIpc) is 3.05. The van der Waals surface area contributed by atoms with Crippen LogP contribution in [0.1, 0.15) is 0 Å². The fourth-order valence-corrected chi connectivity index (χ4v) is 1.57. The molecule has 2 aliphatic heterocycles. The van der Waals surface area contributed by atoms with Crippen LogP contribution < -0.4 is 10.6 Å². The first-order chi connectivity index (χ1) is 8.77. The topological polar surface area (TPSA) is 80.0 Å². The Morgan fingerprint density at radius 2 is 1.39 bits per heavy atom. The minimum atomic E-state index is 0.787. The first kappa shape index (κ1) is 12.3. The minimum absolute atomic E-state index is 0.787. The van der Waals surface area contributed by atoms with Crippen LogP contribution in [0.15, 0.2) is 20.2 Å². The summed E-state index contributed by atoms with van der Waals surface area (Å²) in [6, 6.07) is 0. The van der Waals surface area contributed by atoms with Crippen LogP contribution in [0.4, 0.5) is 0 Å². The van der Waals surface area contributed by atoms with E-state index in [0.29, 0.717) is 0 Å². The summed E-state index contributed by atoms with van der Waals surface area (Å²) in [6.45, 7) is 3.35. The van der Waals surface area contributed by atoms with Crippen LogP contribution in [-0.2, 0) is 0 Å². The molecule has 2 N–H and O–H groups in total. The Morgan fingerprint density at radius 1 is 0.944 bits per heavy atom. The van der Waals surface area contributed by atoms with Crippen molar-refractivity contribution < 1.29 is 0 Å². The van der Waals surface area contributed by atoms with Gasteiger partial charge in [-0.3, -0.25) is 0 Å². The van der Waals surface area contributed by atoms with Gasteiger partial charge in [0.05, 0.1) is 25.5 Å². The fraction of sp³-hybridized carbons (Fsp3) is 0.600. The molecule has 2 aliphatic rings. The molecule has 0 aliphatic carbocycles. The van der Waals surface area contributed by atoms with Crippen LogP contribution in [0.3, 0.4) is 0 Å². The molecule has 0 spiro atoms. The Balaban J connectivity index is 1.79. The lowest BCUT2D eigenvalue weighted by Crippen LogP contribution is -2.32. The highest BCUT2D eigenvalue weighted by Crippen LogP contribution is 1.92. The van der Waals surface area contributed by atoms with Gasteiger partial charge in [-0.1, -0.05) is 0 Å². The van der Waals surface area contributed by atoms with Crippen molar-refractivity contribution in [2.45, 2.75) is 0 Å². The van der Waals surface area contributed by atoms with Gasteiger partial charge in [0.25, 0.3) is 0 Å². The Morgan fingerprint density at radius 3 is 1.72 bits per heavy atom. The predicted octanol–water partition coefficient (Wildman–Crippen LogP) is -1.26. The lowest BCUT2D eigenvalue weighted by molar-refractivity contribution is 0.527. The van der Waals surface area contributed by atoms with Crippen LogP contribution in [0.2, 0.25) is 0 Å². The Hall–Kier alpha value is -2.12. The van der Waals surface area contributed by atoms with Gasteiger partial charge in [-0.05, 0) is 0 Å². The zero-order chi connectivity index (χ0) is 12.8. The van der Waals surface area contributed by atoms with Crippen molar-refractivity contribution in [3.63, 3.8) is 0 Å². The lowest BCUT2D eigenvalue weighted by Gasteiger charge is -2.12. The van der Waals surface area contributed by atoms with Crippen molar-refractivity contribution in [1.82, 2.24) is 20.7 Å². The van der Waals surface area contributed by atoms with E-state index < -0.39 is 0 Å². The third-order valence-electron chi connectivity index (χ3n) is 2.47. The summed E-state index contributed by atoms with van der Waals surface area (Å²) < 4.78 is 0. The number of hydrazone groups is 2. The van der Waals surface area contributed by atoms with E-state index in [9.17, 15) is 0 Å². The molecule has 0 atom stereocenters. The van der Waals surface area contributed by atoms with Crippen LogP contribution in [-0.4, -0.2) is 74.6 Å². The standard InChI is InChI=1S/C10H18N8/c1-17(9-11-3-4-12-9)15-7-8-16-18(2)10-13-5-6-14-10/h7-8H,3-6H2,1-2H3,(H,11,12)(H,13,14)/b15-7-,16-8+. The van der Waals surface area contributed by atoms with E-state index in [2.05, 4.69) is 30.8 Å². The summed E-state index contributed by atoms with van der Waals surface area (Å²) in [5.74, 6) is 1.57. The molecule has 2 rings (SSSR count). The van der Waals surface area contributed by atoms with Gasteiger partial charge in [-0.2, -0.15) is 10.2 Å². The molecule has 8 nitrogen and oxygen atoms in total. The van der Waals surface area contributed by atoms with E-state index in [4.69, 9.17) is 0 Å². The van der Waals surface area contributed by atoms with Gasteiger partial charge >= 0.3 is 0 Å². The number of hydrogen-bond acceptors (Lipinski definition) is 8. The molecule has 0 amide bonds. The zero-order valence-electron chi connectivity index (χ0n) is 10.7. The van der Waals surface area contributed by atoms with Crippen molar-refractivity contribution in [3.05, 3.63) is 0 Å². The second kappa shape index (κ2) is 5.99. The van der Waals surface area contributed by atoms with Gasteiger partial charge in [0.15, 0.2) is 0 Å². The Kier molecular flexibility index (Phi) is 4.11. The van der Waals surface area contributed by atoms with Gasteiger partial charge in [-0.25, -0.2) is 20.0 Å². The molecule has 0 bridgehead atoms. The third-order valence-corrected chi connectivity index (χ3v) is 2.47. The van der Waals surface area contributed by atoms with Gasteiger partial charge in [0, 0.05) is 27.2 Å². The van der Waals surface area contributed by atoms with Crippen molar-refractivity contribution in [2.24, 2.45) is 20.2 Å². The SMILES string of the molecule is CN(/N=C\C=N\N(C)C1=NCCN1)C1=NCCN1. The molecule has 98 valence electrons. The molecule has 0 aromatic rings. The highest BCUT2D eigenvalue weighted by Gasteiger charge is 2.09. The average molecular weight is 250 g/mol. The maximum Gasteiger partial charge on any atom is 0.214 e. The quantitative estimate of drug-likeness (QED) is 0.484. The van der Waals surface area contributed by atoms with E-state index >= 15 is 0 Å². The first-order valence-electron chi connectivity index (χ1n) is 5.88. The summed E-state index contributed by atoms with van der Waals surface area (Å²) in [7, 11) is 3.68. The number of guanidine groups is 2. The summed E-state index contributed by atoms with van der Waals surface area (Å²) >= 11 is 0. The molecular weight excluding hydrogens is 232 g/mol. The number of nitrogens with zero attached hydrogens (tertiary/aromatic N) is 6. The Labute approximate surface area is 106 Å². The van der Waals surface area contributed by atoms with Crippen LogP contribution in [0, 0.1) is 0 Å². The van der Waals surface area contributed by atoms with E-state index in [1.807, 2.05) is 14.1 Å². The highest BCUT2D eigenvalue weighted by molar-refractivity contribution is 6.16. The number of nitrogens with one attached hydrogen (secondary N) is 2. The highest BCUT2D eigenvalue weighted by atomic mass is 15.5. The van der Waals surface area contributed by atoms with Gasteiger partial charge in [-0.15, -0.1) is 0 Å². The summed E-state index contributed by atoms with van der Waals surface area (Å²) in [5, 5.41) is 18.0. The molecule has 0 aromatic heterocycles. The zero-order valence-corrected chi connectivity index (χ0v) is 10.7. The van der Waals surface area contributed by atoms with Crippen LogP contribution in [0.25, 0.3) is 0 Å². The van der Waals surface area contributed by atoms with Crippen molar-refractivity contribution in [1.29, 1.82) is 0 Å². The summed E-state index contributed by atoms with van der Waals surface area (Å²) in [5.41, 5.74) is 0. The number of hydrogen-bond donors (Lipinski definition) is 2. The van der Waals surface area contributed by atoms with Crippen LogP contribution in [0.5, 0.6) is 0 Å². The number of rotatable bonds is 3. The molecule has 0 fully saturated rings. The molecule has 0 aromatic carbocycles. The second-order valence-corrected chi connectivity index (χ2v) is 3.84. The van der Waals surface area contributed by atoms with Gasteiger partial charge < -0.3 is 10.6 Å². The molecule has 2 heterocycles. The number of aliphatic imine (C=N–C) groups is 2. The fourth-order valence-electron chi connectivity index (χ4n) is 1.57. The molecule has 0 unspecified atom stereocenters. The molecule has 0 radical (unpaired) electrons. The molecule has 18 heavy (non-hydrogen) atoms. The largest absolute Gasteiger partial charge is 0.353 e. The van der Waals surface area contributed by atoms with Crippen molar-refractivity contribution in [2.75, 3.05) is 40.3 Å². The van der Waals surface area contributed by atoms with Gasteiger partial charge in [0.2, 0.25) is 11.9 Å². The van der Waals surface area contributed by atoms with Gasteiger partial charge in [0.1, 0.15) is 0 Å². The molecule has 0 saturated carbocycles. The molecule has 8 heteroatoms. The predicted molar refractivity (Wildman–Crippen MR) is 73.1 cm³/mol. The normalized spacial score (nSPS) is 18.8. The van der Waals surface area contributed by atoms with Crippen molar-refractivity contribution >= 4 is 24.3 Å². The van der Waals surface area contributed by atoms with Crippen molar-refractivity contribution in [3.8, 4) is 0 Å². The van der Waals surface area contributed by atoms with E-state index in [1.54, 1.807) is 22.4 Å². The van der Waals surface area contributed by atoms with Crippen LogP contribution >= 0.6 is 0 Å². The first-order valence-corrected chi connectivity index (χ1v) is 5.88. The molecular formula is C10H18N8. The lowest BCUT2D eigenvalue weighted by atomic mass is 10.7. The summed E-state index contributed by atoms with van der Waals surface area (Å²) in [6.07, 6.45) is 3.24. The van der Waals surface area contributed by atoms with E-state index in [1.165, 1.54) is 0 Å².